The molecule has 2 aromatic rings. The lowest BCUT2D eigenvalue weighted by atomic mass is 10.2. The molecule has 6 nitrogen and oxygen atoms in total. The molecule has 2 N–H and O–H groups in total. The normalized spacial score (nSPS) is 10.8. The average molecular weight is 513 g/mol. The number of nitrogens with zero attached hydrogens (tertiary/aromatic N) is 1. The van der Waals surface area contributed by atoms with Gasteiger partial charge in [0.1, 0.15) is 18.1 Å². The zero-order chi connectivity index (χ0) is 19.9. The van der Waals surface area contributed by atoms with Crippen LogP contribution < -0.4 is 20.1 Å². The van der Waals surface area contributed by atoms with Gasteiger partial charge in [0.2, 0.25) is 0 Å². The molecule has 2 aromatic carbocycles. The molecule has 0 amide bonds. The molecule has 0 heterocycles. The van der Waals surface area contributed by atoms with Crippen molar-refractivity contribution in [2.24, 2.45) is 4.99 Å². The summed E-state index contributed by atoms with van der Waals surface area (Å²) < 4.78 is 16.4. The molecule has 0 saturated heterocycles. The van der Waals surface area contributed by atoms with Gasteiger partial charge < -0.3 is 24.8 Å². The van der Waals surface area contributed by atoms with Crippen molar-refractivity contribution in [1.82, 2.24) is 10.6 Å². The zero-order valence-corrected chi connectivity index (χ0v) is 19.6. The lowest BCUT2D eigenvalue weighted by Crippen LogP contribution is -2.38. The molecule has 0 aliphatic heterocycles. The van der Waals surface area contributed by atoms with Crippen molar-refractivity contribution in [2.75, 3.05) is 40.0 Å². The molecule has 0 saturated carbocycles. The third-order valence-electron chi connectivity index (χ3n) is 3.84. The Bertz CT molecular complexity index is 699. The summed E-state index contributed by atoms with van der Waals surface area (Å²) in [6.45, 7) is 6.02. The van der Waals surface area contributed by atoms with E-state index < -0.39 is 0 Å². The Kier molecular flexibility index (Phi) is 13.7. The fourth-order valence-electron chi connectivity index (χ4n) is 2.47. The van der Waals surface area contributed by atoms with Crippen molar-refractivity contribution in [3.05, 3.63) is 60.2 Å². The number of ether oxygens (including phenoxy) is 3. The summed E-state index contributed by atoms with van der Waals surface area (Å²) in [5.74, 6) is 2.53. The molecule has 0 unspecified atom stereocenters. The Hall–Kier alpha value is -2.00. The van der Waals surface area contributed by atoms with Gasteiger partial charge in [-0.05, 0) is 43.2 Å². The van der Waals surface area contributed by atoms with E-state index in [-0.39, 0.29) is 24.0 Å². The second kappa shape index (κ2) is 15.9. The van der Waals surface area contributed by atoms with Gasteiger partial charge in [-0.1, -0.05) is 30.3 Å². The molecular formula is C22H32IN3O3. The number of para-hydroxylation sites is 1. The lowest BCUT2D eigenvalue weighted by molar-refractivity contribution is 0.146. The zero-order valence-electron chi connectivity index (χ0n) is 17.2. The molecule has 29 heavy (non-hydrogen) atoms. The van der Waals surface area contributed by atoms with E-state index in [1.54, 1.807) is 7.11 Å². The van der Waals surface area contributed by atoms with Crippen LogP contribution in [-0.4, -0.2) is 46.0 Å². The number of guanidine groups is 1. The first-order valence-electron chi connectivity index (χ1n) is 9.72. The average Bonchev–Trinajstić information content (AvgIpc) is 2.73. The molecule has 0 atom stereocenters. The maximum absolute atomic E-state index is 5.71. The quantitative estimate of drug-likeness (QED) is 0.195. The first kappa shape index (κ1) is 25.0. The third kappa shape index (κ3) is 10.9. The van der Waals surface area contributed by atoms with Crippen LogP contribution >= 0.6 is 24.0 Å². The minimum atomic E-state index is 0. The number of nitrogens with one attached hydrogen (secondary N) is 2. The standard InChI is InChI=1S/C22H31N3O3.HI/c1-3-23-22(24-13-8-14-27-20-10-5-4-6-11-20)25-18-19-9-7-12-21(17-19)28-16-15-26-2;/h4-7,9-12,17H,3,8,13-16,18H2,1-2H3,(H2,23,24,25);1H. The van der Waals surface area contributed by atoms with Gasteiger partial charge in [0.15, 0.2) is 5.96 Å². The van der Waals surface area contributed by atoms with Crippen molar-refractivity contribution in [3.8, 4) is 11.5 Å². The highest BCUT2D eigenvalue weighted by atomic mass is 127. The van der Waals surface area contributed by atoms with Crippen LogP contribution in [0.25, 0.3) is 0 Å². The third-order valence-corrected chi connectivity index (χ3v) is 3.84. The predicted molar refractivity (Wildman–Crippen MR) is 129 cm³/mol. The first-order chi connectivity index (χ1) is 13.8. The molecule has 0 aromatic heterocycles. The lowest BCUT2D eigenvalue weighted by Gasteiger charge is -2.12. The van der Waals surface area contributed by atoms with E-state index in [1.807, 2.05) is 54.6 Å². The second-order valence-electron chi connectivity index (χ2n) is 6.13. The van der Waals surface area contributed by atoms with Gasteiger partial charge in [0.25, 0.3) is 0 Å². The van der Waals surface area contributed by atoms with Crippen molar-refractivity contribution in [2.45, 2.75) is 19.9 Å². The number of aliphatic imine (C=N–C) groups is 1. The van der Waals surface area contributed by atoms with Crippen LogP contribution in [0, 0.1) is 0 Å². The maximum atomic E-state index is 5.71. The summed E-state index contributed by atoms with van der Waals surface area (Å²) in [7, 11) is 1.66. The van der Waals surface area contributed by atoms with Crippen molar-refractivity contribution in [1.29, 1.82) is 0 Å². The van der Waals surface area contributed by atoms with Crippen LogP contribution in [0.5, 0.6) is 11.5 Å². The summed E-state index contributed by atoms with van der Waals surface area (Å²) in [4.78, 5) is 4.65. The van der Waals surface area contributed by atoms with Crippen LogP contribution in [-0.2, 0) is 11.3 Å². The van der Waals surface area contributed by atoms with Gasteiger partial charge in [-0.25, -0.2) is 4.99 Å². The fraction of sp³-hybridized carbons (Fsp3) is 0.409. The monoisotopic (exact) mass is 513 g/mol. The molecule has 0 radical (unpaired) electrons. The van der Waals surface area contributed by atoms with E-state index in [1.165, 1.54) is 0 Å². The molecular weight excluding hydrogens is 481 g/mol. The number of hydrogen-bond acceptors (Lipinski definition) is 4. The Balaban J connectivity index is 0.00000420. The number of hydrogen-bond donors (Lipinski definition) is 2. The van der Waals surface area contributed by atoms with Crippen molar-refractivity contribution >= 4 is 29.9 Å². The Morgan fingerprint density at radius 3 is 2.41 bits per heavy atom. The summed E-state index contributed by atoms with van der Waals surface area (Å²) >= 11 is 0. The van der Waals surface area contributed by atoms with Crippen molar-refractivity contribution < 1.29 is 14.2 Å². The van der Waals surface area contributed by atoms with E-state index in [4.69, 9.17) is 14.2 Å². The van der Waals surface area contributed by atoms with Gasteiger partial charge in [-0.15, -0.1) is 24.0 Å². The fourth-order valence-corrected chi connectivity index (χ4v) is 2.47. The molecule has 0 aliphatic rings. The van der Waals surface area contributed by atoms with Crippen LogP contribution in [0.3, 0.4) is 0 Å². The largest absolute Gasteiger partial charge is 0.494 e. The molecule has 160 valence electrons. The Labute approximate surface area is 191 Å². The van der Waals surface area contributed by atoms with E-state index in [2.05, 4.69) is 22.5 Å². The molecule has 0 aliphatic carbocycles. The minimum Gasteiger partial charge on any atom is -0.494 e. The van der Waals surface area contributed by atoms with E-state index in [0.717, 1.165) is 42.5 Å². The van der Waals surface area contributed by atoms with Crippen LogP contribution in [0.1, 0.15) is 18.9 Å². The predicted octanol–water partition coefficient (Wildman–Crippen LogP) is 3.85. The van der Waals surface area contributed by atoms with Gasteiger partial charge in [0, 0.05) is 20.2 Å². The van der Waals surface area contributed by atoms with Crippen LogP contribution in [0.15, 0.2) is 59.6 Å². The molecule has 0 fully saturated rings. The molecule has 0 spiro atoms. The summed E-state index contributed by atoms with van der Waals surface area (Å²) in [6.07, 6.45) is 0.891. The highest BCUT2D eigenvalue weighted by molar-refractivity contribution is 14.0. The highest BCUT2D eigenvalue weighted by Gasteiger charge is 2.00. The highest BCUT2D eigenvalue weighted by Crippen LogP contribution is 2.14. The van der Waals surface area contributed by atoms with Gasteiger partial charge in [-0.2, -0.15) is 0 Å². The summed E-state index contributed by atoms with van der Waals surface area (Å²) in [6, 6.07) is 17.8. The SMILES string of the molecule is CCNC(=NCc1cccc(OCCOC)c1)NCCCOc1ccccc1.I. The molecule has 2 rings (SSSR count). The van der Waals surface area contributed by atoms with Crippen LogP contribution in [0.4, 0.5) is 0 Å². The second-order valence-corrected chi connectivity index (χ2v) is 6.13. The summed E-state index contributed by atoms with van der Waals surface area (Å²) in [5.41, 5.74) is 1.10. The van der Waals surface area contributed by atoms with Crippen molar-refractivity contribution in [3.63, 3.8) is 0 Å². The smallest absolute Gasteiger partial charge is 0.191 e. The number of benzene rings is 2. The van der Waals surface area contributed by atoms with E-state index in [9.17, 15) is 0 Å². The number of halogens is 1. The number of methoxy groups -OCH3 is 1. The molecule has 0 bridgehead atoms. The maximum Gasteiger partial charge on any atom is 0.191 e. The van der Waals surface area contributed by atoms with Gasteiger partial charge in [0.05, 0.1) is 19.8 Å². The van der Waals surface area contributed by atoms with Crippen LogP contribution in [0.2, 0.25) is 0 Å². The summed E-state index contributed by atoms with van der Waals surface area (Å²) in [5, 5.41) is 6.61. The van der Waals surface area contributed by atoms with Gasteiger partial charge >= 0.3 is 0 Å². The first-order valence-corrected chi connectivity index (χ1v) is 9.72. The number of rotatable bonds is 12. The minimum absolute atomic E-state index is 0. The topological polar surface area (TPSA) is 64.1 Å². The molecule has 7 heteroatoms. The Morgan fingerprint density at radius 2 is 1.66 bits per heavy atom. The van der Waals surface area contributed by atoms with E-state index >= 15 is 0 Å². The Morgan fingerprint density at radius 1 is 0.897 bits per heavy atom. The van der Waals surface area contributed by atoms with Gasteiger partial charge in [-0.3, -0.25) is 0 Å². The van der Waals surface area contributed by atoms with E-state index in [0.29, 0.717) is 26.4 Å².